The quantitative estimate of drug-likeness (QED) is 0.503. The van der Waals surface area contributed by atoms with Crippen molar-refractivity contribution in [3.63, 3.8) is 0 Å². The van der Waals surface area contributed by atoms with Crippen molar-refractivity contribution in [2.24, 2.45) is 11.5 Å². The van der Waals surface area contributed by atoms with E-state index in [0.717, 1.165) is 11.8 Å². The predicted molar refractivity (Wildman–Crippen MR) is 72.3 cm³/mol. The molecule has 0 fully saturated rings. The Morgan fingerprint density at radius 3 is 1.71 bits per heavy atom. The molecule has 0 unspecified atom stereocenters. The lowest BCUT2D eigenvalue weighted by Crippen LogP contribution is -2.40. The molecule has 0 heterocycles. The van der Waals surface area contributed by atoms with Crippen LogP contribution in [0.3, 0.4) is 0 Å². The topological polar surface area (TPSA) is 127 Å². The zero-order chi connectivity index (χ0) is 11.9. The van der Waals surface area contributed by atoms with Crippen molar-refractivity contribution in [1.29, 1.82) is 0 Å². The maximum Gasteiger partial charge on any atom is 0.319 e. The van der Waals surface area contributed by atoms with Crippen molar-refractivity contribution in [3.8, 4) is 0 Å². The predicted octanol–water partition coefficient (Wildman–Crippen LogP) is 0.169. The highest BCUT2D eigenvalue weighted by Crippen LogP contribution is 2.32. The molecule has 0 aliphatic carbocycles. The van der Waals surface area contributed by atoms with Gasteiger partial charge in [-0.15, -0.1) is 36.6 Å². The Hall–Kier alpha value is -0.210. The molecule has 0 amide bonds. The van der Waals surface area contributed by atoms with Crippen LogP contribution in [-0.4, -0.2) is 45.7 Å². The summed E-state index contributed by atoms with van der Waals surface area (Å²) in [6.45, 7) is 0.387. The number of halogens is 2. The van der Waals surface area contributed by atoms with Crippen LogP contribution >= 0.6 is 36.6 Å². The zero-order valence-electron chi connectivity index (χ0n) is 9.13. The van der Waals surface area contributed by atoms with Gasteiger partial charge in [0.2, 0.25) is 0 Å². The van der Waals surface area contributed by atoms with Crippen LogP contribution in [0.1, 0.15) is 12.8 Å². The van der Waals surface area contributed by atoms with Gasteiger partial charge in [0.05, 0.1) is 5.75 Å². The molecule has 0 aromatic rings. The van der Waals surface area contributed by atoms with E-state index in [9.17, 15) is 9.59 Å². The molecule has 0 aromatic heterocycles. The van der Waals surface area contributed by atoms with E-state index < -0.39 is 16.7 Å². The summed E-state index contributed by atoms with van der Waals surface area (Å²) in [7, 11) is 0. The summed E-state index contributed by atoms with van der Waals surface area (Å²) in [5.74, 6) is -2.35. The molecule has 6 nitrogen and oxygen atoms in total. The van der Waals surface area contributed by atoms with Gasteiger partial charge in [0.25, 0.3) is 0 Å². The van der Waals surface area contributed by atoms with Crippen LogP contribution < -0.4 is 11.5 Å². The Bertz CT molecular complexity index is 238. The Balaban J connectivity index is -0.000000980. The first-order valence-electron chi connectivity index (χ1n) is 4.48. The number of thioether (sulfide) groups is 1. The van der Waals surface area contributed by atoms with Gasteiger partial charge < -0.3 is 21.7 Å². The second-order valence-electron chi connectivity index (χ2n) is 3.06. The van der Waals surface area contributed by atoms with Gasteiger partial charge in [-0.1, -0.05) is 0 Å². The maximum absolute atomic E-state index is 11.1. The minimum absolute atomic E-state index is 0. The molecule has 0 spiro atoms. The average Bonchev–Trinajstić information content (AvgIpc) is 2.14. The number of carboxylic acids is 2. The molecule has 104 valence electrons. The van der Waals surface area contributed by atoms with E-state index in [4.69, 9.17) is 21.7 Å². The summed E-state index contributed by atoms with van der Waals surface area (Å²) >= 11 is 0.875. The number of rotatable bonds is 8. The SMILES string of the molecule is Cl.Cl.NCCC(CCN)(SCC(=O)O)C(=O)O. The normalized spacial score (nSPS) is 10.0. The molecule has 0 aromatic carbocycles. The molecule has 0 rings (SSSR count). The van der Waals surface area contributed by atoms with Crippen molar-refractivity contribution in [1.82, 2.24) is 0 Å². The number of hydrogen-bond acceptors (Lipinski definition) is 5. The van der Waals surface area contributed by atoms with Crippen molar-refractivity contribution in [2.75, 3.05) is 18.8 Å². The van der Waals surface area contributed by atoms with E-state index in [2.05, 4.69) is 0 Å². The number of carbonyl (C=O) groups is 2. The Morgan fingerprint density at radius 2 is 1.47 bits per heavy atom. The van der Waals surface area contributed by atoms with E-state index in [1.165, 1.54) is 0 Å². The first kappa shape index (κ1) is 22.0. The zero-order valence-corrected chi connectivity index (χ0v) is 11.6. The lowest BCUT2D eigenvalue weighted by molar-refractivity contribution is -0.140. The fraction of sp³-hybridized carbons (Fsp3) is 0.750. The van der Waals surface area contributed by atoms with Crippen LogP contribution in [0, 0.1) is 0 Å². The molecule has 0 radical (unpaired) electrons. The van der Waals surface area contributed by atoms with E-state index in [0.29, 0.717) is 0 Å². The fourth-order valence-electron chi connectivity index (χ4n) is 1.21. The van der Waals surface area contributed by atoms with Crippen LogP contribution in [-0.2, 0) is 9.59 Å². The Labute approximate surface area is 116 Å². The minimum Gasteiger partial charge on any atom is -0.481 e. The van der Waals surface area contributed by atoms with E-state index in [1.807, 2.05) is 0 Å². The molecule has 0 aliphatic heterocycles. The molecule has 0 atom stereocenters. The lowest BCUT2D eigenvalue weighted by Gasteiger charge is -2.27. The van der Waals surface area contributed by atoms with Gasteiger partial charge in [-0.3, -0.25) is 9.59 Å². The molecule has 0 saturated carbocycles. The smallest absolute Gasteiger partial charge is 0.319 e. The minimum atomic E-state index is -1.16. The maximum atomic E-state index is 11.1. The van der Waals surface area contributed by atoms with Gasteiger partial charge in [0, 0.05) is 0 Å². The van der Waals surface area contributed by atoms with E-state index in [-0.39, 0.29) is 56.5 Å². The molecule has 0 bridgehead atoms. The highest BCUT2D eigenvalue weighted by molar-refractivity contribution is 8.02. The first-order valence-corrected chi connectivity index (χ1v) is 5.46. The van der Waals surface area contributed by atoms with Gasteiger partial charge in [-0.25, -0.2) is 0 Å². The molecule has 0 saturated heterocycles. The second kappa shape index (κ2) is 10.9. The third kappa shape index (κ3) is 7.67. The first-order chi connectivity index (χ1) is 6.98. The van der Waals surface area contributed by atoms with E-state index >= 15 is 0 Å². The van der Waals surface area contributed by atoms with Gasteiger partial charge >= 0.3 is 11.9 Å². The van der Waals surface area contributed by atoms with Crippen LogP contribution in [0.25, 0.3) is 0 Å². The van der Waals surface area contributed by atoms with Gasteiger partial charge in [0.15, 0.2) is 0 Å². The monoisotopic (exact) mass is 308 g/mol. The number of carboxylic acid groups (broad SMARTS) is 2. The Morgan fingerprint density at radius 1 is 1.06 bits per heavy atom. The van der Waals surface area contributed by atoms with Crippen LogP contribution in [0.15, 0.2) is 0 Å². The summed E-state index contributed by atoms with van der Waals surface area (Å²) in [6.07, 6.45) is 0.439. The summed E-state index contributed by atoms with van der Waals surface area (Å²) in [4.78, 5) is 21.5. The summed E-state index contributed by atoms with van der Waals surface area (Å²) in [5.41, 5.74) is 10.6. The van der Waals surface area contributed by atoms with E-state index in [1.54, 1.807) is 0 Å². The van der Waals surface area contributed by atoms with Gasteiger partial charge in [0.1, 0.15) is 4.75 Å². The summed E-state index contributed by atoms with van der Waals surface area (Å²) in [6, 6.07) is 0. The van der Waals surface area contributed by atoms with Crippen molar-refractivity contribution in [3.05, 3.63) is 0 Å². The molecular formula is C8H18Cl2N2O4S. The summed E-state index contributed by atoms with van der Waals surface area (Å²) < 4.78 is -1.16. The molecular weight excluding hydrogens is 291 g/mol. The summed E-state index contributed by atoms with van der Waals surface area (Å²) in [5, 5.41) is 17.6. The molecule has 17 heavy (non-hydrogen) atoms. The van der Waals surface area contributed by atoms with Crippen LogP contribution in [0.5, 0.6) is 0 Å². The number of aliphatic carboxylic acids is 2. The second-order valence-corrected chi connectivity index (χ2v) is 4.42. The third-order valence-electron chi connectivity index (χ3n) is 1.96. The Kier molecular flexibility index (Phi) is 14.1. The largest absolute Gasteiger partial charge is 0.481 e. The van der Waals surface area contributed by atoms with Gasteiger partial charge in [-0.2, -0.15) is 0 Å². The molecule has 6 N–H and O–H groups in total. The average molecular weight is 309 g/mol. The lowest BCUT2D eigenvalue weighted by atomic mass is 10.0. The van der Waals surface area contributed by atoms with Crippen molar-refractivity contribution < 1.29 is 19.8 Å². The standard InChI is InChI=1S/C8H16N2O4S.2ClH/c9-3-1-8(2-4-10,7(13)14)15-5-6(11)12;;/h1-5,9-10H2,(H,11,12)(H,13,14);2*1H. The van der Waals surface area contributed by atoms with Crippen LogP contribution in [0.4, 0.5) is 0 Å². The van der Waals surface area contributed by atoms with Crippen molar-refractivity contribution >= 4 is 48.5 Å². The third-order valence-corrected chi connectivity index (χ3v) is 3.48. The fourth-order valence-corrected chi connectivity index (χ4v) is 2.26. The number of hydrogen-bond donors (Lipinski definition) is 4. The number of nitrogens with two attached hydrogens (primary N) is 2. The van der Waals surface area contributed by atoms with Crippen LogP contribution in [0.2, 0.25) is 0 Å². The van der Waals surface area contributed by atoms with Crippen molar-refractivity contribution in [2.45, 2.75) is 17.6 Å². The molecule has 0 aliphatic rings. The van der Waals surface area contributed by atoms with Gasteiger partial charge in [-0.05, 0) is 25.9 Å². The highest BCUT2D eigenvalue weighted by Gasteiger charge is 2.38. The highest BCUT2D eigenvalue weighted by atomic mass is 35.5. The molecule has 9 heteroatoms.